The zero-order valence-corrected chi connectivity index (χ0v) is 20.9. The van der Waals surface area contributed by atoms with E-state index in [2.05, 4.69) is 52.6 Å². The lowest BCUT2D eigenvalue weighted by Gasteiger charge is -2.33. The first kappa shape index (κ1) is 26.0. The van der Waals surface area contributed by atoms with Crippen molar-refractivity contribution < 1.29 is 9.59 Å². The van der Waals surface area contributed by atoms with Gasteiger partial charge in [-0.15, -0.1) is 0 Å². The molecule has 35 heavy (non-hydrogen) atoms. The Labute approximate surface area is 208 Å². The summed E-state index contributed by atoms with van der Waals surface area (Å²) < 4.78 is 0. The number of piperidine rings is 1. The topological polar surface area (TPSA) is 100 Å². The van der Waals surface area contributed by atoms with Crippen molar-refractivity contribution in [1.29, 1.82) is 5.26 Å². The van der Waals surface area contributed by atoms with Gasteiger partial charge in [0.05, 0.1) is 17.2 Å². The Kier molecular flexibility index (Phi) is 9.50. The van der Waals surface area contributed by atoms with Crippen LogP contribution in [0.15, 0.2) is 42.5 Å². The van der Waals surface area contributed by atoms with Crippen molar-refractivity contribution in [3.8, 4) is 6.07 Å². The lowest BCUT2D eigenvalue weighted by atomic mass is 9.98. The highest BCUT2D eigenvalue weighted by Crippen LogP contribution is 2.29. The zero-order valence-electron chi connectivity index (χ0n) is 20.9. The number of carbonyl (C=O) groups excluding carboxylic acids is 2. The minimum Gasteiger partial charge on any atom is -0.371 e. The maximum absolute atomic E-state index is 13.2. The summed E-state index contributed by atoms with van der Waals surface area (Å²) in [6, 6.07) is 13.8. The number of benzene rings is 2. The Morgan fingerprint density at radius 1 is 1.03 bits per heavy atom. The minimum atomic E-state index is -0.415. The predicted octanol–water partition coefficient (Wildman–Crippen LogP) is 4.51. The van der Waals surface area contributed by atoms with Crippen LogP contribution in [0, 0.1) is 17.2 Å². The van der Waals surface area contributed by atoms with E-state index in [1.165, 1.54) is 0 Å². The molecule has 0 atom stereocenters. The fourth-order valence-corrected chi connectivity index (χ4v) is 4.21. The molecule has 3 rings (SSSR count). The van der Waals surface area contributed by atoms with Gasteiger partial charge in [0.1, 0.15) is 0 Å². The van der Waals surface area contributed by atoms with Crippen LogP contribution in [-0.2, 0) is 0 Å². The summed E-state index contributed by atoms with van der Waals surface area (Å²) in [5, 5.41) is 17.6. The summed E-state index contributed by atoms with van der Waals surface area (Å²) in [5.74, 6) is 0.548. The van der Waals surface area contributed by atoms with Gasteiger partial charge in [0.25, 0.3) is 5.91 Å². The predicted molar refractivity (Wildman–Crippen MR) is 141 cm³/mol. The van der Waals surface area contributed by atoms with Gasteiger partial charge in [-0.05, 0) is 74.3 Å². The molecular formula is C27H36N6O2. The third-order valence-corrected chi connectivity index (χ3v) is 6.50. The highest BCUT2D eigenvalue weighted by molar-refractivity contribution is 6.04. The first-order valence-corrected chi connectivity index (χ1v) is 12.4. The van der Waals surface area contributed by atoms with Crippen molar-refractivity contribution in [3.05, 3.63) is 53.6 Å². The lowest BCUT2D eigenvalue weighted by molar-refractivity contribution is 0.0949. The quantitative estimate of drug-likeness (QED) is 0.494. The molecule has 0 aliphatic carbocycles. The van der Waals surface area contributed by atoms with Gasteiger partial charge < -0.3 is 25.8 Å². The van der Waals surface area contributed by atoms with Crippen LogP contribution in [0.1, 0.15) is 49.5 Å². The molecule has 0 aromatic heterocycles. The molecule has 8 nitrogen and oxygen atoms in total. The van der Waals surface area contributed by atoms with E-state index in [1.807, 2.05) is 12.1 Å². The average Bonchev–Trinajstić information content (AvgIpc) is 2.87. The van der Waals surface area contributed by atoms with Gasteiger partial charge in [-0.1, -0.05) is 20.8 Å². The molecule has 0 spiro atoms. The van der Waals surface area contributed by atoms with Gasteiger partial charge in [-0.25, -0.2) is 4.79 Å². The molecule has 0 bridgehead atoms. The molecule has 8 heteroatoms. The summed E-state index contributed by atoms with van der Waals surface area (Å²) in [7, 11) is 0. The molecule has 2 aromatic carbocycles. The summed E-state index contributed by atoms with van der Waals surface area (Å²) >= 11 is 0. The maximum atomic E-state index is 13.2. The van der Waals surface area contributed by atoms with Gasteiger partial charge in [-0.2, -0.15) is 5.26 Å². The number of hydrogen-bond donors (Lipinski definition) is 3. The van der Waals surface area contributed by atoms with Crippen molar-refractivity contribution in [3.63, 3.8) is 0 Å². The Bertz CT molecular complexity index is 1030. The normalized spacial score (nSPS) is 13.9. The van der Waals surface area contributed by atoms with Crippen LogP contribution < -0.4 is 20.9 Å². The van der Waals surface area contributed by atoms with Crippen molar-refractivity contribution in [1.82, 2.24) is 10.2 Å². The van der Waals surface area contributed by atoms with Gasteiger partial charge >= 0.3 is 6.03 Å². The second-order valence-electron chi connectivity index (χ2n) is 8.95. The molecule has 186 valence electrons. The fraction of sp³-hybridized carbons (Fsp3) is 0.444. The molecule has 1 aliphatic rings. The number of urea groups is 1. The van der Waals surface area contributed by atoms with Gasteiger partial charge in [0.15, 0.2) is 0 Å². The van der Waals surface area contributed by atoms with Crippen molar-refractivity contribution in [2.45, 2.75) is 33.6 Å². The monoisotopic (exact) mass is 476 g/mol. The van der Waals surface area contributed by atoms with E-state index in [0.29, 0.717) is 35.0 Å². The van der Waals surface area contributed by atoms with Crippen molar-refractivity contribution >= 4 is 29.0 Å². The van der Waals surface area contributed by atoms with Gasteiger partial charge in [0, 0.05) is 43.2 Å². The Morgan fingerprint density at radius 2 is 1.66 bits per heavy atom. The number of hydrogen-bond acceptors (Lipinski definition) is 5. The van der Waals surface area contributed by atoms with Crippen LogP contribution >= 0.6 is 0 Å². The molecule has 3 amide bonds. The largest absolute Gasteiger partial charge is 0.371 e. The molecule has 0 unspecified atom stereocenters. The summed E-state index contributed by atoms with van der Waals surface area (Å²) in [6.07, 6.45) is 2.19. The van der Waals surface area contributed by atoms with Crippen molar-refractivity contribution in [2.24, 2.45) is 5.92 Å². The number of nitrogens with zero attached hydrogens (tertiary/aromatic N) is 3. The van der Waals surface area contributed by atoms with E-state index in [0.717, 1.165) is 51.3 Å². The smallest absolute Gasteiger partial charge is 0.323 e. The molecule has 2 aromatic rings. The first-order valence-electron chi connectivity index (χ1n) is 12.4. The van der Waals surface area contributed by atoms with E-state index in [9.17, 15) is 9.59 Å². The Hall–Kier alpha value is -3.57. The molecule has 1 saturated heterocycles. The van der Waals surface area contributed by atoms with Crippen molar-refractivity contribution in [2.75, 3.05) is 54.8 Å². The number of likely N-dealkylation sites (N-methyl/N-ethyl adjacent to an activating group) is 1. The number of nitrogens with one attached hydrogen (secondary N) is 3. The van der Waals surface area contributed by atoms with Crippen LogP contribution in [0.25, 0.3) is 0 Å². The molecule has 3 N–H and O–H groups in total. The second kappa shape index (κ2) is 12.8. The standard InChI is InChI=1S/C27H36N6O2/c1-4-32(5-2)17-14-29-26(34)24-18-23(10-11-25(24)33-15-12-20(3)13-16-33)31-27(35)30-22-8-6-21(19-28)7-9-22/h6-11,18,20H,4-5,12-17H2,1-3H3,(H,29,34)(H2,30,31,35). The van der Waals surface area contributed by atoms with E-state index in [1.54, 1.807) is 30.3 Å². The van der Waals surface area contributed by atoms with Crippen LogP contribution in [-0.4, -0.2) is 56.1 Å². The lowest BCUT2D eigenvalue weighted by Crippen LogP contribution is -2.37. The summed E-state index contributed by atoms with van der Waals surface area (Å²) in [5.41, 5.74) is 3.11. The molecule has 0 saturated carbocycles. The minimum absolute atomic E-state index is 0.137. The molecular weight excluding hydrogens is 440 g/mol. The highest BCUT2D eigenvalue weighted by atomic mass is 16.2. The zero-order chi connectivity index (χ0) is 25.2. The number of anilines is 3. The van der Waals surface area contributed by atoms with E-state index < -0.39 is 6.03 Å². The Balaban J connectivity index is 1.73. The van der Waals surface area contributed by atoms with E-state index in [-0.39, 0.29) is 5.91 Å². The number of rotatable bonds is 9. The van der Waals surface area contributed by atoms with Crippen LogP contribution in [0.4, 0.5) is 21.9 Å². The third kappa shape index (κ3) is 7.46. The highest BCUT2D eigenvalue weighted by Gasteiger charge is 2.22. The van der Waals surface area contributed by atoms with E-state index in [4.69, 9.17) is 5.26 Å². The maximum Gasteiger partial charge on any atom is 0.323 e. The number of amides is 3. The molecule has 0 radical (unpaired) electrons. The first-order chi connectivity index (χ1) is 16.9. The van der Waals surface area contributed by atoms with Crippen LogP contribution in [0.2, 0.25) is 0 Å². The second-order valence-corrected chi connectivity index (χ2v) is 8.95. The number of nitriles is 1. The number of carbonyl (C=O) groups is 2. The van der Waals surface area contributed by atoms with Crippen LogP contribution in [0.3, 0.4) is 0 Å². The van der Waals surface area contributed by atoms with Gasteiger partial charge in [0.2, 0.25) is 0 Å². The SMILES string of the molecule is CCN(CC)CCNC(=O)c1cc(NC(=O)Nc2ccc(C#N)cc2)ccc1N1CCC(C)CC1. The molecule has 1 heterocycles. The molecule has 1 fully saturated rings. The fourth-order valence-electron chi connectivity index (χ4n) is 4.21. The van der Waals surface area contributed by atoms with E-state index >= 15 is 0 Å². The van der Waals surface area contributed by atoms with Gasteiger partial charge in [-0.3, -0.25) is 4.79 Å². The summed E-state index contributed by atoms with van der Waals surface area (Å²) in [6.45, 7) is 11.5. The average molecular weight is 477 g/mol. The summed E-state index contributed by atoms with van der Waals surface area (Å²) in [4.78, 5) is 30.3. The van der Waals surface area contributed by atoms with Crippen LogP contribution in [0.5, 0.6) is 0 Å². The Morgan fingerprint density at radius 3 is 2.29 bits per heavy atom. The third-order valence-electron chi connectivity index (χ3n) is 6.50. The molecule has 1 aliphatic heterocycles.